The topological polar surface area (TPSA) is 114 Å². The number of carbonyl (C=O) groups excluding carboxylic acids is 3. The molecule has 3 aliphatic heterocycles. The van der Waals surface area contributed by atoms with E-state index in [9.17, 15) is 40.7 Å². The number of aromatic nitrogens is 1. The number of hydrogen-bond acceptors (Lipinski definition) is 8. The lowest BCUT2D eigenvalue weighted by molar-refractivity contribution is -0.392. The second-order valence-electron chi connectivity index (χ2n) is 13.3. The van der Waals surface area contributed by atoms with E-state index in [1.807, 2.05) is 0 Å². The molecular formula is C37H37F6N5O6. The van der Waals surface area contributed by atoms with Crippen LogP contribution in [0.1, 0.15) is 43.0 Å². The lowest BCUT2D eigenvalue weighted by Gasteiger charge is -2.42. The first kappa shape index (κ1) is 38.4. The highest BCUT2D eigenvalue weighted by atomic mass is 19.4. The van der Waals surface area contributed by atoms with Crippen molar-refractivity contribution in [2.24, 2.45) is 0 Å². The van der Waals surface area contributed by atoms with E-state index in [-0.39, 0.29) is 43.2 Å². The normalized spacial score (nSPS) is 20.8. The van der Waals surface area contributed by atoms with E-state index in [0.29, 0.717) is 23.6 Å². The molecule has 2 unspecified atom stereocenters. The SMILES string of the molecule is CC=Cc1cc(C(OCc2ccccc2)(C(F)(F)F)C(F)(F)F)ccc1N1CCN(C(=O)CN2C(=O)NC(C)(c3cnc4c(c3)OCCO4)C2=O)CC1C. The van der Waals surface area contributed by atoms with Crippen molar-refractivity contribution in [1.82, 2.24) is 20.1 Å². The molecule has 0 radical (unpaired) electrons. The maximum atomic E-state index is 14.6. The number of nitrogens with zero attached hydrogens (tertiary/aromatic N) is 4. The first-order valence-electron chi connectivity index (χ1n) is 17.0. The van der Waals surface area contributed by atoms with Gasteiger partial charge in [0.25, 0.3) is 17.4 Å². The van der Waals surface area contributed by atoms with Gasteiger partial charge in [-0.2, -0.15) is 26.3 Å². The third kappa shape index (κ3) is 6.92. The molecule has 4 amide bonds. The van der Waals surface area contributed by atoms with Gasteiger partial charge in [-0.25, -0.2) is 9.78 Å². The molecule has 2 aromatic carbocycles. The number of nitrogens with one attached hydrogen (secondary N) is 1. The maximum Gasteiger partial charge on any atom is 0.430 e. The smallest absolute Gasteiger partial charge is 0.430 e. The van der Waals surface area contributed by atoms with Crippen molar-refractivity contribution in [3.05, 3.63) is 89.1 Å². The minimum atomic E-state index is -5.88. The van der Waals surface area contributed by atoms with Crippen molar-refractivity contribution < 1.29 is 54.9 Å². The molecule has 1 aromatic heterocycles. The summed E-state index contributed by atoms with van der Waals surface area (Å²) in [5.41, 5.74) is -6.42. The molecule has 2 fully saturated rings. The molecule has 0 aliphatic carbocycles. The molecule has 17 heteroatoms. The molecule has 2 atom stereocenters. The van der Waals surface area contributed by atoms with Crippen molar-refractivity contribution in [2.45, 2.75) is 56.9 Å². The summed E-state index contributed by atoms with van der Waals surface area (Å²) in [6, 6.07) is 10.4. The van der Waals surface area contributed by atoms with Crippen molar-refractivity contribution in [2.75, 3.05) is 44.3 Å². The first-order chi connectivity index (χ1) is 25.5. The highest BCUT2D eigenvalue weighted by Crippen LogP contribution is 2.54. The van der Waals surface area contributed by atoms with Gasteiger partial charge in [0.05, 0.1) is 6.61 Å². The molecule has 0 saturated carbocycles. The van der Waals surface area contributed by atoms with E-state index in [1.165, 1.54) is 60.5 Å². The number of allylic oxidation sites excluding steroid dienone is 1. The van der Waals surface area contributed by atoms with Crippen molar-refractivity contribution in [3.8, 4) is 11.6 Å². The fraction of sp³-hybridized carbons (Fsp3) is 0.405. The minimum absolute atomic E-state index is 0.0788. The average molecular weight is 762 g/mol. The van der Waals surface area contributed by atoms with Crippen LogP contribution in [-0.2, 0) is 32.1 Å². The lowest BCUT2D eigenvalue weighted by Crippen LogP contribution is -2.56. The molecule has 288 valence electrons. The fourth-order valence-corrected chi connectivity index (χ4v) is 6.87. The zero-order valence-corrected chi connectivity index (χ0v) is 29.5. The van der Waals surface area contributed by atoms with Gasteiger partial charge in [0.15, 0.2) is 5.75 Å². The van der Waals surface area contributed by atoms with Gasteiger partial charge in [-0.1, -0.05) is 48.6 Å². The number of imide groups is 1. The standard InChI is InChI=1S/C37H37F6N5O6/c1-4-8-25-17-26(35(36(38,39)40,37(41,42)43)54-22-24-9-6-5-7-10-24)11-12-28(25)47-14-13-46(20-23(47)2)30(49)21-48-32(50)34(3,45-33(48)51)27-18-29-31(44-19-27)53-16-15-52-29/h4-12,17-19,23H,13-16,20-22H2,1-3H3,(H,45,51). The number of halogens is 6. The summed E-state index contributed by atoms with van der Waals surface area (Å²) in [5, 5.41) is 2.63. The summed E-state index contributed by atoms with van der Waals surface area (Å²) < 4.78 is 104. The maximum absolute atomic E-state index is 14.6. The molecule has 1 N–H and O–H groups in total. The first-order valence-corrected chi connectivity index (χ1v) is 17.0. The summed E-state index contributed by atoms with van der Waals surface area (Å²) in [5.74, 6) is -0.645. The number of anilines is 1. The van der Waals surface area contributed by atoms with Crippen LogP contribution in [0.5, 0.6) is 11.6 Å². The molecule has 11 nitrogen and oxygen atoms in total. The van der Waals surface area contributed by atoms with E-state index >= 15 is 0 Å². The number of rotatable bonds is 9. The van der Waals surface area contributed by atoms with Crippen LogP contribution in [0.4, 0.5) is 36.8 Å². The van der Waals surface area contributed by atoms with Crippen LogP contribution < -0.4 is 19.7 Å². The number of ether oxygens (including phenoxy) is 3. The Kier molecular flexibility index (Phi) is 10.3. The lowest BCUT2D eigenvalue weighted by atomic mass is 9.89. The molecule has 3 aromatic rings. The van der Waals surface area contributed by atoms with Gasteiger partial charge in [-0.15, -0.1) is 0 Å². The number of alkyl halides is 6. The Balaban J connectivity index is 1.19. The van der Waals surface area contributed by atoms with E-state index in [2.05, 4.69) is 10.3 Å². The molecule has 0 spiro atoms. The number of urea groups is 1. The Morgan fingerprint density at radius 3 is 2.39 bits per heavy atom. The van der Waals surface area contributed by atoms with Gasteiger partial charge in [-0.3, -0.25) is 14.5 Å². The zero-order chi connectivity index (χ0) is 39.1. The molecule has 4 heterocycles. The summed E-state index contributed by atoms with van der Waals surface area (Å²) in [6.07, 6.45) is -7.46. The highest BCUT2D eigenvalue weighted by Gasteiger charge is 2.73. The van der Waals surface area contributed by atoms with Gasteiger partial charge in [0, 0.05) is 48.7 Å². The summed E-state index contributed by atoms with van der Waals surface area (Å²) in [6.45, 7) is 4.20. The molecule has 2 saturated heterocycles. The van der Waals surface area contributed by atoms with E-state index in [0.717, 1.165) is 17.0 Å². The number of fused-ring (bicyclic) bond motifs is 1. The van der Waals surface area contributed by atoms with Gasteiger partial charge in [0.2, 0.25) is 5.91 Å². The quantitative estimate of drug-likeness (QED) is 0.211. The van der Waals surface area contributed by atoms with Crippen molar-refractivity contribution >= 4 is 29.6 Å². The van der Waals surface area contributed by atoms with E-state index in [1.54, 1.807) is 30.9 Å². The monoisotopic (exact) mass is 761 g/mol. The Morgan fingerprint density at radius 2 is 1.72 bits per heavy atom. The predicted molar refractivity (Wildman–Crippen MR) is 182 cm³/mol. The zero-order valence-electron chi connectivity index (χ0n) is 29.5. The van der Waals surface area contributed by atoms with Crippen LogP contribution in [0.25, 0.3) is 6.08 Å². The summed E-state index contributed by atoms with van der Waals surface area (Å²) >= 11 is 0. The number of amides is 4. The van der Waals surface area contributed by atoms with Crippen molar-refractivity contribution in [3.63, 3.8) is 0 Å². The summed E-state index contributed by atoms with van der Waals surface area (Å²) in [4.78, 5) is 48.3. The van der Waals surface area contributed by atoms with Gasteiger partial charge < -0.3 is 29.3 Å². The molecule has 0 bridgehead atoms. The number of carbonyl (C=O) groups is 3. The van der Waals surface area contributed by atoms with Gasteiger partial charge in [-0.05, 0) is 50.1 Å². The number of benzene rings is 2. The average Bonchev–Trinajstić information content (AvgIpc) is 3.34. The Hall–Kier alpha value is -5.32. The Bertz CT molecular complexity index is 1930. The highest BCUT2D eigenvalue weighted by molar-refractivity contribution is 6.09. The van der Waals surface area contributed by atoms with Crippen LogP contribution in [0.3, 0.4) is 0 Å². The van der Waals surface area contributed by atoms with E-state index < -0.39 is 66.1 Å². The van der Waals surface area contributed by atoms with Crippen LogP contribution in [0, 0.1) is 0 Å². The second kappa shape index (κ2) is 14.5. The van der Waals surface area contributed by atoms with Gasteiger partial charge in [0.1, 0.15) is 25.3 Å². The molecule has 54 heavy (non-hydrogen) atoms. The largest absolute Gasteiger partial charge is 0.484 e. The molecule has 3 aliphatic rings. The van der Waals surface area contributed by atoms with E-state index in [4.69, 9.17) is 14.2 Å². The summed E-state index contributed by atoms with van der Waals surface area (Å²) in [7, 11) is 0. The van der Waals surface area contributed by atoms with Crippen LogP contribution in [0.2, 0.25) is 0 Å². The van der Waals surface area contributed by atoms with Crippen LogP contribution >= 0.6 is 0 Å². The fourth-order valence-electron chi connectivity index (χ4n) is 6.87. The van der Waals surface area contributed by atoms with Crippen LogP contribution in [0.15, 0.2) is 66.9 Å². The number of piperazine rings is 1. The van der Waals surface area contributed by atoms with Crippen molar-refractivity contribution in [1.29, 1.82) is 0 Å². The third-order valence-corrected chi connectivity index (χ3v) is 9.71. The predicted octanol–water partition coefficient (Wildman–Crippen LogP) is 5.93. The number of pyridine rings is 1. The third-order valence-electron chi connectivity index (χ3n) is 9.71. The van der Waals surface area contributed by atoms with Gasteiger partial charge >= 0.3 is 18.4 Å². The number of hydrogen-bond donors (Lipinski definition) is 1. The Morgan fingerprint density at radius 1 is 1.02 bits per heavy atom. The second-order valence-corrected chi connectivity index (χ2v) is 13.3. The van der Waals surface area contributed by atoms with Crippen LogP contribution in [-0.4, -0.2) is 90.4 Å². The molecule has 6 rings (SSSR count). The minimum Gasteiger partial charge on any atom is -0.484 e. The molecular weight excluding hydrogens is 724 g/mol. The Labute approximate surface area is 306 Å².